The largest absolute Gasteiger partial charge is 0.416 e. The van der Waals surface area contributed by atoms with Crippen LogP contribution in [0.4, 0.5) is 23.7 Å². The summed E-state index contributed by atoms with van der Waals surface area (Å²) in [4.78, 5) is 40.6. The summed E-state index contributed by atoms with van der Waals surface area (Å²) in [5, 5.41) is 29.8. The number of benzene rings is 3. The third-order valence-electron chi connectivity index (χ3n) is 8.24. The van der Waals surface area contributed by atoms with Crippen LogP contribution in [0, 0.1) is 0 Å². The van der Waals surface area contributed by atoms with Crippen LogP contribution in [0.25, 0.3) is 11.1 Å². The Balaban J connectivity index is 1.57. The molecular weight excluding hydrogens is 639 g/mol. The molecule has 6 N–H and O–H groups in total. The van der Waals surface area contributed by atoms with Crippen LogP contribution in [0.3, 0.4) is 0 Å². The molecule has 0 saturated carbocycles. The molecule has 0 aromatic heterocycles. The lowest BCUT2D eigenvalue weighted by Gasteiger charge is -2.29. The van der Waals surface area contributed by atoms with Gasteiger partial charge in [0.25, 0.3) is 0 Å². The van der Waals surface area contributed by atoms with Crippen LogP contribution in [0.2, 0.25) is 0 Å². The molecule has 1 aliphatic rings. The summed E-state index contributed by atoms with van der Waals surface area (Å²) in [5.41, 5.74) is 2.53. The number of fused-ring (bicyclic) bond motifs is 1. The summed E-state index contributed by atoms with van der Waals surface area (Å²) in [6.07, 6.45) is -4.88. The summed E-state index contributed by atoms with van der Waals surface area (Å²) in [6, 6.07) is 16.9. The third kappa shape index (κ3) is 10.5. The summed E-state index contributed by atoms with van der Waals surface area (Å²) in [7, 11) is 0. The SMILES string of the molecule is C[C@@H](O)CNC(C)(C)CC(=O)N[C@@H]1CCc2cc(C(F)(F)F)ccc2N(Cc2ccc(-c3ccccc3CNC(=O)NCCO)cc2)C1=O. The summed E-state index contributed by atoms with van der Waals surface area (Å²) >= 11 is 0. The number of rotatable bonds is 13. The van der Waals surface area contributed by atoms with Crippen LogP contribution < -0.4 is 26.2 Å². The number of nitrogens with one attached hydrogen (secondary N) is 4. The van der Waals surface area contributed by atoms with Crippen molar-refractivity contribution < 1.29 is 37.8 Å². The number of aryl methyl sites for hydroxylation is 1. The van der Waals surface area contributed by atoms with Crippen LogP contribution in [0.15, 0.2) is 66.7 Å². The molecule has 13 heteroatoms. The number of hydrogen-bond donors (Lipinski definition) is 6. The van der Waals surface area contributed by atoms with E-state index in [0.29, 0.717) is 11.3 Å². The van der Waals surface area contributed by atoms with Gasteiger partial charge in [-0.05, 0) is 79.6 Å². The van der Waals surface area contributed by atoms with E-state index in [4.69, 9.17) is 5.11 Å². The van der Waals surface area contributed by atoms with Crippen molar-refractivity contribution in [3.63, 3.8) is 0 Å². The molecule has 10 nitrogen and oxygen atoms in total. The number of aliphatic hydroxyl groups excluding tert-OH is 2. The van der Waals surface area contributed by atoms with Crippen molar-refractivity contribution in [3.05, 3.63) is 89.0 Å². The van der Waals surface area contributed by atoms with Crippen molar-refractivity contribution >= 4 is 23.5 Å². The minimum absolute atomic E-state index is 0.0143. The minimum Gasteiger partial charge on any atom is -0.395 e. The first-order valence-electron chi connectivity index (χ1n) is 16.2. The Morgan fingerprint density at radius 1 is 1.02 bits per heavy atom. The number of urea groups is 1. The second kappa shape index (κ2) is 16.3. The molecule has 264 valence electrons. The lowest BCUT2D eigenvalue weighted by atomic mass is 9.98. The predicted octanol–water partition coefficient (Wildman–Crippen LogP) is 4.27. The number of anilines is 1. The van der Waals surface area contributed by atoms with Gasteiger partial charge in [0.1, 0.15) is 6.04 Å². The highest BCUT2D eigenvalue weighted by Gasteiger charge is 2.36. The van der Waals surface area contributed by atoms with E-state index < -0.39 is 47.3 Å². The first-order valence-corrected chi connectivity index (χ1v) is 16.2. The maximum Gasteiger partial charge on any atom is 0.416 e. The topological polar surface area (TPSA) is 143 Å². The van der Waals surface area contributed by atoms with Crippen LogP contribution in [-0.4, -0.2) is 65.4 Å². The quantitative estimate of drug-likeness (QED) is 0.159. The van der Waals surface area contributed by atoms with Crippen LogP contribution >= 0.6 is 0 Å². The van der Waals surface area contributed by atoms with Crippen molar-refractivity contribution in [3.8, 4) is 11.1 Å². The van der Waals surface area contributed by atoms with Crippen molar-refractivity contribution in [2.45, 2.75) is 77.0 Å². The second-order valence-corrected chi connectivity index (χ2v) is 12.9. The van der Waals surface area contributed by atoms with Gasteiger partial charge in [0.2, 0.25) is 11.8 Å². The number of nitrogens with zero attached hydrogens (tertiary/aromatic N) is 1. The fraction of sp³-hybridized carbons (Fsp3) is 0.417. The standard InChI is InChI=1S/C36H44F3N5O5/c1-23(46)20-42-35(2,3)19-32(47)43-30-14-12-26-18-28(36(37,38)39)13-15-31(26)44(33(30)48)22-24-8-10-25(11-9-24)29-7-5-4-6-27(29)21-41-34(49)40-16-17-45/h4-11,13,15,18,23,30,42,45-46H,12,14,16-17,19-22H2,1-3H3,(H,43,47)(H2,40,41,49)/t23-,30-/m1/s1. The highest BCUT2D eigenvalue weighted by atomic mass is 19.4. The van der Waals surface area contributed by atoms with E-state index in [1.54, 1.807) is 20.8 Å². The number of carbonyl (C=O) groups excluding carboxylic acids is 3. The zero-order chi connectivity index (χ0) is 35.8. The zero-order valence-electron chi connectivity index (χ0n) is 27.9. The number of hydrogen-bond acceptors (Lipinski definition) is 6. The monoisotopic (exact) mass is 683 g/mol. The van der Waals surface area contributed by atoms with Crippen molar-refractivity contribution in [2.75, 3.05) is 24.6 Å². The molecule has 4 amide bonds. The number of aliphatic hydroxyl groups is 2. The van der Waals surface area contributed by atoms with Crippen molar-refractivity contribution in [1.82, 2.24) is 21.3 Å². The maximum absolute atomic E-state index is 14.0. The smallest absolute Gasteiger partial charge is 0.395 e. The normalized spacial score (nSPS) is 15.6. The first kappa shape index (κ1) is 37.4. The molecule has 0 fully saturated rings. The molecule has 2 atom stereocenters. The molecule has 0 radical (unpaired) electrons. The first-order chi connectivity index (χ1) is 23.2. The fourth-order valence-corrected chi connectivity index (χ4v) is 5.72. The molecule has 1 heterocycles. The van der Waals surface area contributed by atoms with Gasteiger partial charge in [0.15, 0.2) is 0 Å². The van der Waals surface area contributed by atoms with E-state index >= 15 is 0 Å². The van der Waals surface area contributed by atoms with Crippen molar-refractivity contribution in [1.29, 1.82) is 0 Å². The average Bonchev–Trinajstić information content (AvgIpc) is 3.17. The van der Waals surface area contributed by atoms with Gasteiger partial charge >= 0.3 is 12.2 Å². The number of amides is 4. The van der Waals surface area contributed by atoms with Crippen LogP contribution in [0.5, 0.6) is 0 Å². The molecule has 0 aliphatic carbocycles. The average molecular weight is 684 g/mol. The van der Waals surface area contributed by atoms with Gasteiger partial charge in [-0.15, -0.1) is 0 Å². The van der Waals surface area contributed by atoms with Gasteiger partial charge in [0, 0.05) is 37.3 Å². The van der Waals surface area contributed by atoms with E-state index in [0.717, 1.165) is 34.4 Å². The second-order valence-electron chi connectivity index (χ2n) is 12.9. The van der Waals surface area contributed by atoms with E-state index in [9.17, 15) is 32.7 Å². The molecule has 0 bridgehead atoms. The van der Waals surface area contributed by atoms with Crippen LogP contribution in [0.1, 0.15) is 55.9 Å². The van der Waals surface area contributed by atoms with E-state index in [1.165, 1.54) is 11.0 Å². The predicted molar refractivity (Wildman–Crippen MR) is 180 cm³/mol. The Morgan fingerprint density at radius 3 is 2.41 bits per heavy atom. The highest BCUT2D eigenvalue weighted by Crippen LogP contribution is 2.36. The number of β-amino-alcohol motifs (C(OH)–C–C–N with tert-alkyl or cyclic N) is 1. The molecule has 3 aromatic rings. The summed E-state index contributed by atoms with van der Waals surface area (Å²) in [5.74, 6) is -0.826. The molecule has 1 aliphatic heterocycles. The van der Waals surface area contributed by atoms with Gasteiger partial charge in [-0.3, -0.25) is 9.59 Å². The Bertz CT molecular complexity index is 1610. The third-order valence-corrected chi connectivity index (χ3v) is 8.24. The Kier molecular flexibility index (Phi) is 12.4. The van der Waals surface area contributed by atoms with Gasteiger partial charge in [-0.25, -0.2) is 4.79 Å². The molecule has 49 heavy (non-hydrogen) atoms. The van der Waals surface area contributed by atoms with Gasteiger partial charge < -0.3 is 36.4 Å². The highest BCUT2D eigenvalue weighted by molar-refractivity contribution is 6.00. The zero-order valence-corrected chi connectivity index (χ0v) is 27.9. The fourth-order valence-electron chi connectivity index (χ4n) is 5.72. The molecular formula is C36H44F3N5O5. The van der Waals surface area contributed by atoms with Gasteiger partial charge in [0.05, 0.1) is 24.8 Å². The summed E-state index contributed by atoms with van der Waals surface area (Å²) < 4.78 is 41.0. The van der Waals surface area contributed by atoms with Crippen molar-refractivity contribution in [2.24, 2.45) is 0 Å². The molecule has 0 saturated heterocycles. The lowest BCUT2D eigenvalue weighted by Crippen LogP contribution is -2.51. The Morgan fingerprint density at radius 2 is 1.73 bits per heavy atom. The van der Waals surface area contributed by atoms with Gasteiger partial charge in [-0.2, -0.15) is 13.2 Å². The van der Waals surface area contributed by atoms with E-state index in [1.807, 2.05) is 48.5 Å². The van der Waals surface area contributed by atoms with E-state index in [-0.39, 0.29) is 52.0 Å². The van der Waals surface area contributed by atoms with Crippen LogP contribution in [-0.2, 0) is 35.3 Å². The number of halogens is 3. The summed E-state index contributed by atoms with van der Waals surface area (Å²) in [6.45, 7) is 5.77. The minimum atomic E-state index is -4.56. The lowest BCUT2D eigenvalue weighted by molar-refractivity contribution is -0.137. The Labute approximate surface area is 284 Å². The Hall–Kier alpha value is -4.46. The van der Waals surface area contributed by atoms with E-state index in [2.05, 4.69) is 21.3 Å². The molecule has 0 unspecified atom stereocenters. The molecule has 0 spiro atoms. The maximum atomic E-state index is 14.0. The molecule has 4 rings (SSSR count). The van der Waals surface area contributed by atoms with Gasteiger partial charge in [-0.1, -0.05) is 48.5 Å². The number of carbonyl (C=O) groups is 3. The molecule has 3 aromatic carbocycles. The number of alkyl halides is 3.